The number of nitrogens with one attached hydrogen (secondary N) is 1. The van der Waals surface area contributed by atoms with E-state index in [9.17, 15) is 13.6 Å². The van der Waals surface area contributed by atoms with E-state index in [0.717, 1.165) is 12.1 Å². The highest BCUT2D eigenvalue weighted by atomic mass is 35.5. The maximum atomic E-state index is 13.0. The Hall–Kier alpha value is -1.40. The lowest BCUT2D eigenvalue weighted by atomic mass is 10.3. The molecule has 1 aromatic carbocycles. The van der Waals surface area contributed by atoms with Crippen molar-refractivity contribution in [2.24, 2.45) is 0 Å². The number of nitrogens with zero attached hydrogens (tertiary/aromatic N) is 1. The maximum absolute atomic E-state index is 13.0. The van der Waals surface area contributed by atoms with Gasteiger partial charge in [0.15, 0.2) is 17.7 Å². The van der Waals surface area contributed by atoms with E-state index in [4.69, 9.17) is 4.74 Å². The molecule has 0 bridgehead atoms. The molecule has 0 aliphatic carbocycles. The standard InChI is InChI=1S/C13H18F2N2O2.ClH/c1-9(13(18)17(3)7-6-16-2)19-10-4-5-11(14)12(15)8-10;/h4-5,8-9,16H,6-7H2,1-3H3;1H. The van der Waals surface area contributed by atoms with Gasteiger partial charge in [-0.15, -0.1) is 12.4 Å². The highest BCUT2D eigenvalue weighted by Crippen LogP contribution is 2.17. The molecule has 1 aromatic rings. The monoisotopic (exact) mass is 308 g/mol. The Morgan fingerprint density at radius 2 is 2.05 bits per heavy atom. The van der Waals surface area contributed by atoms with Crippen LogP contribution in [0.25, 0.3) is 0 Å². The number of rotatable bonds is 6. The van der Waals surface area contributed by atoms with Gasteiger partial charge in [-0.25, -0.2) is 8.78 Å². The topological polar surface area (TPSA) is 41.6 Å². The van der Waals surface area contributed by atoms with Gasteiger partial charge in [0.1, 0.15) is 5.75 Å². The van der Waals surface area contributed by atoms with Crippen LogP contribution in [0.5, 0.6) is 5.75 Å². The van der Waals surface area contributed by atoms with E-state index < -0.39 is 17.7 Å². The van der Waals surface area contributed by atoms with Crippen molar-refractivity contribution in [1.82, 2.24) is 10.2 Å². The van der Waals surface area contributed by atoms with E-state index >= 15 is 0 Å². The van der Waals surface area contributed by atoms with Crippen LogP contribution in [0.4, 0.5) is 8.78 Å². The van der Waals surface area contributed by atoms with E-state index in [1.54, 1.807) is 21.0 Å². The van der Waals surface area contributed by atoms with Crippen LogP contribution < -0.4 is 10.1 Å². The van der Waals surface area contributed by atoms with Crippen molar-refractivity contribution >= 4 is 18.3 Å². The highest BCUT2D eigenvalue weighted by molar-refractivity contribution is 5.85. The smallest absolute Gasteiger partial charge is 0.263 e. The van der Waals surface area contributed by atoms with E-state index in [0.29, 0.717) is 13.1 Å². The second-order valence-electron chi connectivity index (χ2n) is 4.20. The molecule has 1 rings (SSSR count). The fourth-order valence-corrected chi connectivity index (χ4v) is 1.50. The van der Waals surface area contributed by atoms with Gasteiger partial charge in [0.05, 0.1) is 0 Å². The summed E-state index contributed by atoms with van der Waals surface area (Å²) in [4.78, 5) is 13.4. The summed E-state index contributed by atoms with van der Waals surface area (Å²) in [5.41, 5.74) is 0. The Labute approximate surface area is 123 Å². The Kier molecular flexibility index (Phi) is 8.10. The van der Waals surface area contributed by atoms with Gasteiger partial charge in [-0.05, 0) is 26.1 Å². The first-order valence-corrected chi connectivity index (χ1v) is 5.97. The van der Waals surface area contributed by atoms with Gasteiger partial charge >= 0.3 is 0 Å². The Morgan fingerprint density at radius 3 is 2.60 bits per heavy atom. The predicted molar refractivity (Wildman–Crippen MR) is 75.3 cm³/mol. The Balaban J connectivity index is 0.00000361. The fraction of sp³-hybridized carbons (Fsp3) is 0.462. The van der Waals surface area contributed by atoms with Crippen molar-refractivity contribution in [3.05, 3.63) is 29.8 Å². The largest absolute Gasteiger partial charge is 0.481 e. The number of hydrogen-bond acceptors (Lipinski definition) is 3. The van der Waals surface area contributed by atoms with Crippen molar-refractivity contribution < 1.29 is 18.3 Å². The molecule has 0 aliphatic rings. The van der Waals surface area contributed by atoms with Crippen molar-refractivity contribution in [3.63, 3.8) is 0 Å². The average molecular weight is 309 g/mol. The van der Waals surface area contributed by atoms with Crippen LogP contribution in [-0.4, -0.2) is 44.1 Å². The molecular formula is C13H19ClF2N2O2. The minimum absolute atomic E-state index is 0. The maximum Gasteiger partial charge on any atom is 0.263 e. The molecule has 1 unspecified atom stereocenters. The van der Waals surface area contributed by atoms with Gasteiger partial charge in [-0.1, -0.05) is 0 Å². The van der Waals surface area contributed by atoms with Gasteiger partial charge in [-0.3, -0.25) is 4.79 Å². The summed E-state index contributed by atoms with van der Waals surface area (Å²) in [6.07, 6.45) is -0.758. The molecule has 0 radical (unpaired) electrons. The number of carbonyl (C=O) groups excluding carboxylic acids is 1. The minimum Gasteiger partial charge on any atom is -0.481 e. The molecule has 1 atom stereocenters. The number of halogens is 3. The van der Waals surface area contributed by atoms with Crippen LogP contribution in [0.15, 0.2) is 18.2 Å². The number of benzene rings is 1. The number of carbonyl (C=O) groups is 1. The predicted octanol–water partition coefficient (Wildman–Crippen LogP) is 1.83. The lowest BCUT2D eigenvalue weighted by molar-refractivity contribution is -0.136. The normalized spacial score (nSPS) is 11.4. The lowest BCUT2D eigenvalue weighted by Gasteiger charge is -2.22. The molecule has 20 heavy (non-hydrogen) atoms. The molecule has 0 aromatic heterocycles. The molecule has 1 N–H and O–H groups in total. The minimum atomic E-state index is -0.999. The van der Waals surface area contributed by atoms with Crippen LogP contribution in [0.3, 0.4) is 0 Å². The first kappa shape index (κ1) is 18.6. The summed E-state index contributed by atoms with van der Waals surface area (Å²) in [5.74, 6) is -2.04. The second-order valence-corrected chi connectivity index (χ2v) is 4.20. The number of ether oxygens (including phenoxy) is 1. The summed E-state index contributed by atoms with van der Waals surface area (Å²) in [6, 6.07) is 3.18. The SMILES string of the molecule is CNCCN(C)C(=O)C(C)Oc1ccc(F)c(F)c1.Cl. The van der Waals surface area contributed by atoms with Crippen molar-refractivity contribution in [2.75, 3.05) is 27.2 Å². The summed E-state index contributed by atoms with van der Waals surface area (Å²) < 4.78 is 31.0. The van der Waals surface area contributed by atoms with Crippen molar-refractivity contribution in [2.45, 2.75) is 13.0 Å². The Bertz CT molecular complexity index is 446. The molecule has 0 spiro atoms. The van der Waals surface area contributed by atoms with Crippen LogP contribution in [0.1, 0.15) is 6.92 Å². The molecule has 0 aliphatic heterocycles. The van der Waals surface area contributed by atoms with Gasteiger partial charge in [0.2, 0.25) is 0 Å². The zero-order valence-corrected chi connectivity index (χ0v) is 12.5. The van der Waals surface area contributed by atoms with E-state index in [1.807, 2.05) is 0 Å². The van der Waals surface area contributed by atoms with Gasteiger partial charge in [-0.2, -0.15) is 0 Å². The summed E-state index contributed by atoms with van der Waals surface area (Å²) in [7, 11) is 3.45. The van der Waals surface area contributed by atoms with Crippen molar-refractivity contribution in [3.8, 4) is 5.75 Å². The van der Waals surface area contributed by atoms with E-state index in [-0.39, 0.29) is 24.1 Å². The summed E-state index contributed by atoms with van der Waals surface area (Å²) in [6.45, 7) is 2.78. The Morgan fingerprint density at radius 1 is 1.40 bits per heavy atom. The molecule has 7 heteroatoms. The van der Waals surface area contributed by atoms with Gasteiger partial charge in [0.25, 0.3) is 5.91 Å². The molecule has 0 saturated heterocycles. The average Bonchev–Trinajstić information content (AvgIpc) is 2.39. The van der Waals surface area contributed by atoms with E-state index in [2.05, 4.69) is 5.32 Å². The van der Waals surface area contributed by atoms with Crippen LogP contribution in [0, 0.1) is 11.6 Å². The molecule has 0 saturated carbocycles. The number of likely N-dealkylation sites (N-methyl/N-ethyl adjacent to an activating group) is 2. The first-order valence-electron chi connectivity index (χ1n) is 5.97. The zero-order chi connectivity index (χ0) is 14.4. The molecule has 0 fully saturated rings. The van der Waals surface area contributed by atoms with Crippen LogP contribution in [-0.2, 0) is 4.79 Å². The van der Waals surface area contributed by atoms with Crippen LogP contribution >= 0.6 is 12.4 Å². The second kappa shape index (κ2) is 8.71. The summed E-state index contributed by atoms with van der Waals surface area (Å²) >= 11 is 0. The molecular weight excluding hydrogens is 290 g/mol. The van der Waals surface area contributed by atoms with E-state index in [1.165, 1.54) is 11.0 Å². The summed E-state index contributed by atoms with van der Waals surface area (Å²) in [5, 5.41) is 2.93. The first-order chi connectivity index (χ1) is 8.95. The molecule has 114 valence electrons. The third kappa shape index (κ3) is 5.30. The molecule has 4 nitrogen and oxygen atoms in total. The third-order valence-electron chi connectivity index (χ3n) is 2.63. The van der Waals surface area contributed by atoms with Gasteiger partial charge in [0, 0.05) is 26.2 Å². The fourth-order valence-electron chi connectivity index (χ4n) is 1.50. The quantitative estimate of drug-likeness (QED) is 0.872. The third-order valence-corrected chi connectivity index (χ3v) is 2.63. The number of hydrogen-bond donors (Lipinski definition) is 1. The lowest BCUT2D eigenvalue weighted by Crippen LogP contribution is -2.40. The molecule has 1 amide bonds. The zero-order valence-electron chi connectivity index (χ0n) is 11.7. The van der Waals surface area contributed by atoms with Crippen LogP contribution in [0.2, 0.25) is 0 Å². The van der Waals surface area contributed by atoms with Gasteiger partial charge < -0.3 is 15.0 Å². The molecule has 0 heterocycles. The van der Waals surface area contributed by atoms with Crippen molar-refractivity contribution in [1.29, 1.82) is 0 Å². The highest BCUT2D eigenvalue weighted by Gasteiger charge is 2.19. The number of amides is 1.